The number of carbonyl (C=O) groups is 1. The van der Waals surface area contributed by atoms with Crippen LogP contribution < -0.4 is 10.6 Å². The van der Waals surface area contributed by atoms with E-state index in [1.165, 1.54) is 11.3 Å². The van der Waals surface area contributed by atoms with Crippen molar-refractivity contribution < 1.29 is 4.79 Å². The van der Waals surface area contributed by atoms with Crippen LogP contribution in [0.4, 0.5) is 5.69 Å². The van der Waals surface area contributed by atoms with Crippen molar-refractivity contribution in [3.8, 4) is 0 Å². The molecule has 3 aliphatic rings. The van der Waals surface area contributed by atoms with E-state index in [1.54, 1.807) is 0 Å². The lowest BCUT2D eigenvalue weighted by Crippen LogP contribution is -2.34. The van der Waals surface area contributed by atoms with Gasteiger partial charge in [-0.3, -0.25) is 4.79 Å². The lowest BCUT2D eigenvalue weighted by Gasteiger charge is -2.23. The summed E-state index contributed by atoms with van der Waals surface area (Å²) in [5.74, 6) is 2.19. The van der Waals surface area contributed by atoms with Gasteiger partial charge in [0.25, 0.3) is 0 Å². The van der Waals surface area contributed by atoms with E-state index in [1.807, 2.05) is 0 Å². The minimum absolute atomic E-state index is 0.182. The number of likely N-dealkylation sites (tertiary alicyclic amines) is 1. The van der Waals surface area contributed by atoms with E-state index < -0.39 is 0 Å². The first-order valence-electron chi connectivity index (χ1n) is 10.1. The Labute approximate surface area is 161 Å². The highest BCUT2D eigenvalue weighted by Gasteiger charge is 2.49. The SMILES string of the molecule is NCc1cccc([C@@H]2C[C@H]2C(=O)N2CC3CN(c4ccccc4)CC3C2)c1. The highest BCUT2D eigenvalue weighted by Crippen LogP contribution is 2.49. The molecule has 2 unspecified atom stereocenters. The van der Waals surface area contributed by atoms with Gasteiger partial charge in [-0.05, 0) is 35.6 Å². The van der Waals surface area contributed by atoms with Crippen molar-refractivity contribution in [1.82, 2.24) is 4.90 Å². The molecule has 2 aromatic rings. The van der Waals surface area contributed by atoms with Crippen LogP contribution in [0, 0.1) is 17.8 Å². The van der Waals surface area contributed by atoms with Gasteiger partial charge in [0, 0.05) is 56.2 Å². The summed E-state index contributed by atoms with van der Waals surface area (Å²) in [6.07, 6.45) is 0.995. The summed E-state index contributed by atoms with van der Waals surface area (Å²) in [5.41, 5.74) is 9.51. The minimum atomic E-state index is 0.182. The number of nitrogens with two attached hydrogens (primary N) is 1. The molecule has 4 nitrogen and oxygen atoms in total. The highest BCUT2D eigenvalue weighted by atomic mass is 16.2. The Morgan fingerprint density at radius 3 is 2.41 bits per heavy atom. The summed E-state index contributed by atoms with van der Waals surface area (Å²) in [4.78, 5) is 17.6. The molecule has 1 amide bonds. The van der Waals surface area contributed by atoms with Gasteiger partial charge < -0.3 is 15.5 Å². The molecule has 0 aromatic heterocycles. The molecule has 4 heteroatoms. The molecule has 1 aliphatic carbocycles. The molecule has 27 heavy (non-hydrogen) atoms. The number of hydrogen-bond acceptors (Lipinski definition) is 3. The van der Waals surface area contributed by atoms with Gasteiger partial charge in [-0.15, -0.1) is 0 Å². The first-order valence-corrected chi connectivity index (χ1v) is 10.1. The third-order valence-electron chi connectivity index (χ3n) is 6.64. The average molecular weight is 361 g/mol. The van der Waals surface area contributed by atoms with E-state index >= 15 is 0 Å². The van der Waals surface area contributed by atoms with Crippen molar-refractivity contribution in [2.24, 2.45) is 23.5 Å². The largest absolute Gasteiger partial charge is 0.371 e. The molecule has 3 fully saturated rings. The Morgan fingerprint density at radius 1 is 0.963 bits per heavy atom. The molecule has 0 bridgehead atoms. The topological polar surface area (TPSA) is 49.6 Å². The van der Waals surface area contributed by atoms with Crippen LogP contribution in [0.3, 0.4) is 0 Å². The van der Waals surface area contributed by atoms with Gasteiger partial charge in [-0.2, -0.15) is 0 Å². The number of nitrogens with zero attached hydrogens (tertiary/aromatic N) is 2. The highest BCUT2D eigenvalue weighted by molar-refractivity contribution is 5.83. The van der Waals surface area contributed by atoms with Crippen molar-refractivity contribution in [3.05, 3.63) is 65.7 Å². The summed E-state index contributed by atoms with van der Waals surface area (Å²) in [5, 5.41) is 0. The first kappa shape index (κ1) is 16.8. The molecule has 2 heterocycles. The predicted octanol–water partition coefficient (Wildman–Crippen LogP) is 2.84. The molecule has 5 rings (SSSR count). The van der Waals surface area contributed by atoms with E-state index in [4.69, 9.17) is 5.73 Å². The van der Waals surface area contributed by atoms with E-state index in [-0.39, 0.29) is 5.92 Å². The van der Waals surface area contributed by atoms with Gasteiger partial charge >= 0.3 is 0 Å². The van der Waals surface area contributed by atoms with Crippen LogP contribution in [0.15, 0.2) is 54.6 Å². The molecule has 1 saturated carbocycles. The Kier molecular flexibility index (Phi) is 4.16. The number of benzene rings is 2. The summed E-state index contributed by atoms with van der Waals surface area (Å²) < 4.78 is 0. The molecule has 2 aliphatic heterocycles. The zero-order valence-electron chi connectivity index (χ0n) is 15.6. The van der Waals surface area contributed by atoms with Crippen LogP contribution in [0.25, 0.3) is 0 Å². The van der Waals surface area contributed by atoms with E-state index in [9.17, 15) is 4.79 Å². The monoisotopic (exact) mass is 361 g/mol. The molecular formula is C23H27N3O. The predicted molar refractivity (Wildman–Crippen MR) is 107 cm³/mol. The van der Waals surface area contributed by atoms with Crippen LogP contribution in [-0.2, 0) is 11.3 Å². The van der Waals surface area contributed by atoms with Crippen LogP contribution >= 0.6 is 0 Å². The zero-order chi connectivity index (χ0) is 18.4. The number of amides is 1. The maximum Gasteiger partial charge on any atom is 0.226 e. The molecule has 140 valence electrons. The maximum atomic E-state index is 13.0. The third-order valence-corrected chi connectivity index (χ3v) is 6.64. The second-order valence-corrected chi connectivity index (χ2v) is 8.40. The Balaban J connectivity index is 1.20. The van der Waals surface area contributed by atoms with Crippen LogP contribution in [0.5, 0.6) is 0 Å². The van der Waals surface area contributed by atoms with Gasteiger partial charge in [-0.1, -0.05) is 42.5 Å². The summed E-state index contributed by atoms with van der Waals surface area (Å²) in [6.45, 7) is 4.57. The van der Waals surface area contributed by atoms with Crippen LogP contribution in [0.1, 0.15) is 23.5 Å². The smallest absolute Gasteiger partial charge is 0.226 e. The van der Waals surface area contributed by atoms with Crippen LogP contribution in [0.2, 0.25) is 0 Å². The van der Waals surface area contributed by atoms with Crippen molar-refractivity contribution in [1.29, 1.82) is 0 Å². The lowest BCUT2D eigenvalue weighted by molar-refractivity contribution is -0.131. The van der Waals surface area contributed by atoms with Gasteiger partial charge in [0.1, 0.15) is 0 Å². The molecule has 0 spiro atoms. The molecular weight excluding hydrogens is 334 g/mol. The van der Waals surface area contributed by atoms with E-state index in [0.717, 1.165) is 38.2 Å². The Hall–Kier alpha value is -2.33. The minimum Gasteiger partial charge on any atom is -0.371 e. The van der Waals surface area contributed by atoms with Crippen LogP contribution in [-0.4, -0.2) is 37.0 Å². The summed E-state index contributed by atoms with van der Waals surface area (Å²) in [6, 6.07) is 19.1. The van der Waals surface area contributed by atoms with Gasteiger partial charge in [-0.25, -0.2) is 0 Å². The second-order valence-electron chi connectivity index (χ2n) is 8.40. The van der Waals surface area contributed by atoms with Gasteiger partial charge in [0.05, 0.1) is 0 Å². The van der Waals surface area contributed by atoms with Crippen molar-refractivity contribution >= 4 is 11.6 Å². The van der Waals surface area contributed by atoms with Gasteiger partial charge in [0.15, 0.2) is 0 Å². The van der Waals surface area contributed by atoms with E-state index in [0.29, 0.717) is 30.2 Å². The molecule has 2 saturated heterocycles. The van der Waals surface area contributed by atoms with E-state index in [2.05, 4.69) is 64.4 Å². The fraction of sp³-hybridized carbons (Fsp3) is 0.435. The summed E-state index contributed by atoms with van der Waals surface area (Å²) in [7, 11) is 0. The normalized spacial score (nSPS) is 29.1. The summed E-state index contributed by atoms with van der Waals surface area (Å²) >= 11 is 0. The zero-order valence-corrected chi connectivity index (χ0v) is 15.6. The molecule has 4 atom stereocenters. The maximum absolute atomic E-state index is 13.0. The van der Waals surface area contributed by atoms with Crippen molar-refractivity contribution in [2.75, 3.05) is 31.1 Å². The fourth-order valence-electron chi connectivity index (χ4n) is 5.04. The third kappa shape index (κ3) is 3.12. The standard InChI is InChI=1S/C23H27N3O/c24-11-16-5-4-6-17(9-16)21-10-22(21)23(27)26-14-18-12-25(13-19(18)15-26)20-7-2-1-3-8-20/h1-9,18-19,21-22H,10-15,24H2/t18?,19?,21-,22+/m0/s1. The second kappa shape index (κ2) is 6.68. The fourth-order valence-corrected chi connectivity index (χ4v) is 5.04. The van der Waals surface area contributed by atoms with Crippen molar-refractivity contribution in [2.45, 2.75) is 18.9 Å². The number of para-hydroxylation sites is 1. The first-order chi connectivity index (χ1) is 13.2. The number of hydrogen-bond donors (Lipinski definition) is 1. The van der Waals surface area contributed by atoms with Crippen molar-refractivity contribution in [3.63, 3.8) is 0 Å². The average Bonchev–Trinajstić information content (AvgIpc) is 3.27. The molecule has 2 N–H and O–H groups in total. The number of anilines is 1. The number of carbonyl (C=O) groups excluding carboxylic acids is 1. The molecule has 0 radical (unpaired) electrons. The Bertz CT molecular complexity index is 823. The quantitative estimate of drug-likeness (QED) is 0.911. The molecule has 2 aromatic carbocycles. The lowest BCUT2D eigenvalue weighted by atomic mass is 10.0. The number of fused-ring (bicyclic) bond motifs is 1. The van der Waals surface area contributed by atoms with Gasteiger partial charge in [0.2, 0.25) is 5.91 Å². The number of rotatable bonds is 4. The Morgan fingerprint density at radius 2 is 1.70 bits per heavy atom.